The Bertz CT molecular complexity index is 701. The molecule has 1 heterocycles. The molecule has 3 aliphatic rings. The maximum atomic E-state index is 12.9. The first-order valence-electron chi connectivity index (χ1n) is 7.15. The van der Waals surface area contributed by atoms with Crippen LogP contribution in [0, 0.1) is 5.41 Å². The Morgan fingerprint density at radius 2 is 2.15 bits per heavy atom. The molecular formula is C17H16BrNO. The number of rotatable bonds is 0. The maximum Gasteiger partial charge on any atom is 0.169 e. The zero-order valence-corrected chi connectivity index (χ0v) is 13.1. The van der Waals surface area contributed by atoms with E-state index in [0.717, 1.165) is 42.3 Å². The molecule has 1 saturated carbocycles. The fourth-order valence-electron chi connectivity index (χ4n) is 3.91. The lowest BCUT2D eigenvalue weighted by Gasteiger charge is -2.33. The summed E-state index contributed by atoms with van der Waals surface area (Å²) in [5, 5.41) is 0. The molecule has 3 heteroatoms. The number of fused-ring (bicyclic) bond motifs is 2. The van der Waals surface area contributed by atoms with Gasteiger partial charge in [0.1, 0.15) is 0 Å². The first-order chi connectivity index (χ1) is 9.59. The fraction of sp³-hybridized carbons (Fsp3) is 0.412. The van der Waals surface area contributed by atoms with Gasteiger partial charge in [-0.2, -0.15) is 0 Å². The van der Waals surface area contributed by atoms with E-state index in [-0.39, 0.29) is 5.41 Å². The van der Waals surface area contributed by atoms with E-state index in [1.807, 2.05) is 12.1 Å². The van der Waals surface area contributed by atoms with Crippen LogP contribution < -0.4 is 0 Å². The van der Waals surface area contributed by atoms with Crippen molar-refractivity contribution in [2.24, 2.45) is 10.4 Å². The van der Waals surface area contributed by atoms with Crippen molar-refractivity contribution < 1.29 is 4.79 Å². The Kier molecular flexibility index (Phi) is 2.59. The lowest BCUT2D eigenvalue weighted by Crippen LogP contribution is -2.34. The molecule has 1 atom stereocenters. The van der Waals surface area contributed by atoms with Crippen LogP contribution in [0.5, 0.6) is 0 Å². The first-order valence-corrected chi connectivity index (χ1v) is 7.94. The third kappa shape index (κ3) is 1.62. The van der Waals surface area contributed by atoms with Crippen LogP contribution in [-0.4, -0.2) is 18.0 Å². The van der Waals surface area contributed by atoms with Crippen LogP contribution in [0.3, 0.4) is 0 Å². The van der Waals surface area contributed by atoms with E-state index in [1.165, 1.54) is 22.4 Å². The minimum Gasteiger partial charge on any atom is -0.294 e. The average Bonchev–Trinajstić information content (AvgIpc) is 2.92. The van der Waals surface area contributed by atoms with Crippen LogP contribution in [0.2, 0.25) is 0 Å². The van der Waals surface area contributed by atoms with Gasteiger partial charge < -0.3 is 0 Å². The number of ketones is 1. The summed E-state index contributed by atoms with van der Waals surface area (Å²) in [6.07, 6.45) is 3.71. The van der Waals surface area contributed by atoms with Gasteiger partial charge in [-0.15, -0.1) is 0 Å². The molecule has 1 fully saturated rings. The number of nitrogens with zero attached hydrogens (tertiary/aromatic N) is 1. The van der Waals surface area contributed by atoms with Crippen molar-refractivity contribution in [1.29, 1.82) is 0 Å². The number of allylic oxidation sites excluding steroid dienone is 1. The van der Waals surface area contributed by atoms with Crippen molar-refractivity contribution in [3.63, 3.8) is 0 Å². The zero-order valence-electron chi connectivity index (χ0n) is 11.5. The van der Waals surface area contributed by atoms with E-state index in [4.69, 9.17) is 0 Å². The summed E-state index contributed by atoms with van der Waals surface area (Å²) in [7, 11) is 0. The molecule has 0 aromatic heterocycles. The second kappa shape index (κ2) is 4.14. The molecule has 0 saturated heterocycles. The van der Waals surface area contributed by atoms with Crippen molar-refractivity contribution in [1.82, 2.24) is 0 Å². The van der Waals surface area contributed by atoms with Gasteiger partial charge in [-0.1, -0.05) is 22.0 Å². The van der Waals surface area contributed by atoms with Gasteiger partial charge in [0.15, 0.2) is 5.78 Å². The second-order valence-corrected chi connectivity index (χ2v) is 7.20. The lowest BCUT2D eigenvalue weighted by molar-refractivity contribution is 0.0802. The third-order valence-corrected chi connectivity index (χ3v) is 5.55. The number of hydrogen-bond donors (Lipinski definition) is 0. The standard InChI is InChI=1S/C17H16BrNO/c1-10-9-19-15-4-5-17(8-14(10)15)7-11-2-3-12(18)6-13(11)16(17)20/h2-3,6H,4-5,7-9H2,1H3. The van der Waals surface area contributed by atoms with Gasteiger partial charge in [0.25, 0.3) is 0 Å². The summed E-state index contributed by atoms with van der Waals surface area (Å²) in [4.78, 5) is 17.5. The maximum absolute atomic E-state index is 12.9. The first kappa shape index (κ1) is 12.5. The molecule has 1 unspecified atom stereocenters. The molecule has 20 heavy (non-hydrogen) atoms. The van der Waals surface area contributed by atoms with Gasteiger partial charge >= 0.3 is 0 Å². The van der Waals surface area contributed by atoms with Crippen molar-refractivity contribution >= 4 is 27.4 Å². The fourth-order valence-corrected chi connectivity index (χ4v) is 4.27. The van der Waals surface area contributed by atoms with Gasteiger partial charge in [-0.3, -0.25) is 9.79 Å². The van der Waals surface area contributed by atoms with Gasteiger partial charge in [0, 0.05) is 21.2 Å². The minimum absolute atomic E-state index is 0.191. The number of aliphatic imine (C=N–C) groups is 1. The van der Waals surface area contributed by atoms with Gasteiger partial charge in [-0.25, -0.2) is 0 Å². The third-order valence-electron chi connectivity index (χ3n) is 5.05. The highest BCUT2D eigenvalue weighted by Crippen LogP contribution is 2.49. The molecule has 2 nitrogen and oxygen atoms in total. The SMILES string of the molecule is CC1=C2CC3(CCC2=NC1)Cc1ccc(Br)cc1C3=O. The quantitative estimate of drug-likeness (QED) is 0.703. The number of benzene rings is 1. The minimum atomic E-state index is -0.191. The Morgan fingerprint density at radius 3 is 3.00 bits per heavy atom. The van der Waals surface area contributed by atoms with Crippen LogP contribution >= 0.6 is 15.9 Å². The van der Waals surface area contributed by atoms with E-state index < -0.39 is 0 Å². The predicted octanol–water partition coefficient (Wildman–Crippen LogP) is 4.13. The topological polar surface area (TPSA) is 29.4 Å². The second-order valence-electron chi connectivity index (χ2n) is 6.29. The normalized spacial score (nSPS) is 27.9. The number of halogens is 1. The molecule has 0 bridgehead atoms. The average molecular weight is 330 g/mol. The summed E-state index contributed by atoms with van der Waals surface area (Å²) < 4.78 is 0.996. The Hall–Kier alpha value is -1.22. The molecule has 0 radical (unpaired) electrons. The molecule has 2 aliphatic carbocycles. The molecule has 1 aliphatic heterocycles. The van der Waals surface area contributed by atoms with E-state index in [1.54, 1.807) is 0 Å². The van der Waals surface area contributed by atoms with E-state index >= 15 is 0 Å². The van der Waals surface area contributed by atoms with Crippen molar-refractivity contribution in [3.05, 3.63) is 44.9 Å². The highest BCUT2D eigenvalue weighted by molar-refractivity contribution is 9.10. The van der Waals surface area contributed by atoms with Crippen LogP contribution in [0.25, 0.3) is 0 Å². The van der Waals surface area contributed by atoms with Crippen molar-refractivity contribution in [2.45, 2.75) is 32.6 Å². The summed E-state index contributed by atoms with van der Waals surface area (Å²) in [5.74, 6) is 0.347. The molecule has 0 N–H and O–H groups in total. The Morgan fingerprint density at radius 1 is 1.30 bits per heavy atom. The zero-order chi connectivity index (χ0) is 13.9. The van der Waals surface area contributed by atoms with Crippen LogP contribution in [0.4, 0.5) is 0 Å². The molecule has 1 spiro atoms. The monoisotopic (exact) mass is 329 g/mol. The van der Waals surface area contributed by atoms with Gasteiger partial charge in [0.2, 0.25) is 0 Å². The highest BCUT2D eigenvalue weighted by atomic mass is 79.9. The van der Waals surface area contributed by atoms with Crippen LogP contribution in [0.1, 0.15) is 42.1 Å². The smallest absolute Gasteiger partial charge is 0.169 e. The number of carbonyl (C=O) groups is 1. The van der Waals surface area contributed by atoms with Crippen molar-refractivity contribution in [3.8, 4) is 0 Å². The summed E-state index contributed by atoms with van der Waals surface area (Å²) in [6.45, 7) is 3.00. The summed E-state index contributed by atoms with van der Waals surface area (Å²) in [6, 6.07) is 6.14. The lowest BCUT2D eigenvalue weighted by atomic mass is 9.68. The van der Waals surface area contributed by atoms with Crippen LogP contribution in [0.15, 0.2) is 38.8 Å². The van der Waals surface area contributed by atoms with Crippen molar-refractivity contribution in [2.75, 3.05) is 6.54 Å². The Balaban J connectivity index is 1.76. The molecule has 1 aromatic rings. The largest absolute Gasteiger partial charge is 0.294 e. The van der Waals surface area contributed by atoms with E-state index in [9.17, 15) is 4.79 Å². The predicted molar refractivity (Wildman–Crippen MR) is 83.5 cm³/mol. The molecule has 0 amide bonds. The molecule has 4 rings (SSSR count). The van der Waals surface area contributed by atoms with E-state index in [2.05, 4.69) is 33.9 Å². The number of Topliss-reactive ketones (excluding diaryl/α,β-unsaturated/α-hetero) is 1. The highest BCUT2D eigenvalue weighted by Gasteiger charge is 2.48. The number of carbonyl (C=O) groups excluding carboxylic acids is 1. The van der Waals surface area contributed by atoms with Gasteiger partial charge in [-0.05, 0) is 61.4 Å². The van der Waals surface area contributed by atoms with Gasteiger partial charge in [0.05, 0.1) is 6.54 Å². The summed E-state index contributed by atoms with van der Waals surface area (Å²) in [5.41, 5.74) is 5.95. The Labute approximate surface area is 127 Å². The molecule has 1 aromatic carbocycles. The molecular weight excluding hydrogens is 314 g/mol. The summed E-state index contributed by atoms with van der Waals surface area (Å²) >= 11 is 3.48. The molecule has 102 valence electrons. The van der Waals surface area contributed by atoms with Crippen LogP contribution in [-0.2, 0) is 6.42 Å². The van der Waals surface area contributed by atoms with E-state index in [0.29, 0.717) is 5.78 Å². The number of hydrogen-bond acceptors (Lipinski definition) is 2.